The van der Waals surface area contributed by atoms with Crippen LogP contribution >= 0.6 is 0 Å². The van der Waals surface area contributed by atoms with Crippen LogP contribution in [0.4, 0.5) is 5.69 Å². The molecule has 2 N–H and O–H groups in total. The number of rotatable bonds is 3. The highest BCUT2D eigenvalue weighted by molar-refractivity contribution is 5.53. The van der Waals surface area contributed by atoms with E-state index in [9.17, 15) is 5.11 Å². The van der Waals surface area contributed by atoms with Crippen molar-refractivity contribution in [3.8, 4) is 17.2 Å². The molecule has 0 atom stereocenters. The average Bonchev–Trinajstić information content (AvgIpc) is 2.48. The highest BCUT2D eigenvalue weighted by Gasteiger charge is 2.15. The molecule has 0 aliphatic carbocycles. The van der Waals surface area contributed by atoms with Gasteiger partial charge in [-0.15, -0.1) is 0 Å². The van der Waals surface area contributed by atoms with Gasteiger partial charge in [0.15, 0.2) is 11.5 Å². The largest absolute Gasteiger partial charge is 0.508 e. The van der Waals surface area contributed by atoms with E-state index in [1.807, 2.05) is 37.3 Å². The van der Waals surface area contributed by atoms with Crippen molar-refractivity contribution in [1.29, 1.82) is 0 Å². The molecule has 3 rings (SSSR count). The molecule has 0 saturated carbocycles. The van der Waals surface area contributed by atoms with E-state index in [0.29, 0.717) is 25.5 Å². The van der Waals surface area contributed by atoms with Gasteiger partial charge in [0.25, 0.3) is 0 Å². The van der Waals surface area contributed by atoms with Crippen molar-refractivity contribution in [3.05, 3.63) is 47.5 Å². The van der Waals surface area contributed by atoms with Crippen molar-refractivity contribution in [1.82, 2.24) is 0 Å². The van der Waals surface area contributed by atoms with E-state index in [4.69, 9.17) is 9.47 Å². The number of aromatic hydroxyl groups is 1. The number of ether oxygens (including phenoxy) is 2. The summed E-state index contributed by atoms with van der Waals surface area (Å²) in [5.41, 5.74) is 2.88. The molecule has 2 aromatic rings. The Labute approximate surface area is 118 Å². The maximum atomic E-state index is 9.52. The predicted molar refractivity (Wildman–Crippen MR) is 77.6 cm³/mol. The number of hydrogen-bond donors (Lipinski definition) is 2. The zero-order valence-corrected chi connectivity index (χ0v) is 11.3. The minimum Gasteiger partial charge on any atom is -0.508 e. The third kappa shape index (κ3) is 2.50. The molecule has 0 bridgehead atoms. The quantitative estimate of drug-likeness (QED) is 0.842. The fraction of sp³-hybridized carbons (Fsp3) is 0.250. The van der Waals surface area contributed by atoms with Gasteiger partial charge < -0.3 is 19.9 Å². The zero-order chi connectivity index (χ0) is 13.9. The molecule has 0 amide bonds. The Morgan fingerprint density at radius 2 is 2.00 bits per heavy atom. The van der Waals surface area contributed by atoms with Gasteiger partial charge in [-0.25, -0.2) is 0 Å². The summed E-state index contributed by atoms with van der Waals surface area (Å²) >= 11 is 0. The second-order valence-corrected chi connectivity index (χ2v) is 4.80. The summed E-state index contributed by atoms with van der Waals surface area (Å²) in [6.45, 7) is 3.71. The van der Waals surface area contributed by atoms with Gasteiger partial charge in [-0.1, -0.05) is 12.1 Å². The number of anilines is 1. The van der Waals surface area contributed by atoms with Gasteiger partial charge in [-0.3, -0.25) is 0 Å². The number of fused-ring (bicyclic) bond motifs is 1. The van der Waals surface area contributed by atoms with Gasteiger partial charge in [0.05, 0.1) is 0 Å². The number of phenols is 1. The van der Waals surface area contributed by atoms with Crippen LogP contribution < -0.4 is 14.8 Å². The summed E-state index contributed by atoms with van der Waals surface area (Å²) < 4.78 is 11.2. The second kappa shape index (κ2) is 5.33. The lowest BCUT2D eigenvalue weighted by molar-refractivity contribution is 0.170. The summed E-state index contributed by atoms with van der Waals surface area (Å²) in [5, 5.41) is 12.9. The molecular formula is C16H17NO3. The Bertz CT molecular complexity index is 625. The number of phenolic OH excluding ortho intramolecular Hbond substituents is 1. The van der Waals surface area contributed by atoms with Crippen molar-refractivity contribution in [2.24, 2.45) is 0 Å². The van der Waals surface area contributed by atoms with Gasteiger partial charge in [0.2, 0.25) is 0 Å². The third-order valence-electron chi connectivity index (χ3n) is 3.33. The summed E-state index contributed by atoms with van der Waals surface area (Å²) in [6.07, 6.45) is 0. The molecule has 1 aliphatic heterocycles. The average molecular weight is 271 g/mol. The minimum absolute atomic E-state index is 0.310. The van der Waals surface area contributed by atoms with Crippen molar-refractivity contribution < 1.29 is 14.6 Å². The standard InChI is InChI=1S/C16H17NO3/c1-11-9-13(5-6-14(11)18)17-10-12-3-2-4-15-16(12)20-8-7-19-15/h2-6,9,17-18H,7-8,10H2,1H3. The van der Waals surface area contributed by atoms with Gasteiger partial charge in [-0.05, 0) is 36.8 Å². The minimum atomic E-state index is 0.310. The number of aryl methyl sites for hydroxylation is 1. The van der Waals surface area contributed by atoms with Crippen LogP contribution in [-0.2, 0) is 6.54 Å². The smallest absolute Gasteiger partial charge is 0.166 e. The first-order valence-corrected chi connectivity index (χ1v) is 6.65. The highest BCUT2D eigenvalue weighted by Crippen LogP contribution is 2.34. The van der Waals surface area contributed by atoms with Crippen LogP contribution in [0.5, 0.6) is 17.2 Å². The maximum absolute atomic E-state index is 9.52. The van der Waals surface area contributed by atoms with Crippen molar-refractivity contribution in [2.75, 3.05) is 18.5 Å². The van der Waals surface area contributed by atoms with Crippen LogP contribution in [0.15, 0.2) is 36.4 Å². The van der Waals surface area contributed by atoms with E-state index < -0.39 is 0 Å². The normalized spacial score (nSPS) is 13.1. The Balaban J connectivity index is 1.76. The molecule has 0 radical (unpaired) electrons. The fourth-order valence-corrected chi connectivity index (χ4v) is 2.24. The first kappa shape index (κ1) is 12.7. The zero-order valence-electron chi connectivity index (χ0n) is 11.3. The fourth-order valence-electron chi connectivity index (χ4n) is 2.24. The molecule has 104 valence electrons. The lowest BCUT2D eigenvalue weighted by Gasteiger charge is -2.21. The Morgan fingerprint density at radius 3 is 2.85 bits per heavy atom. The van der Waals surface area contributed by atoms with Gasteiger partial charge in [0, 0.05) is 17.8 Å². The predicted octanol–water partition coefficient (Wildman–Crippen LogP) is 3.08. The van der Waals surface area contributed by atoms with Crippen LogP contribution in [-0.4, -0.2) is 18.3 Å². The van der Waals surface area contributed by atoms with E-state index >= 15 is 0 Å². The van der Waals surface area contributed by atoms with Crippen LogP contribution in [0.25, 0.3) is 0 Å². The van der Waals surface area contributed by atoms with E-state index in [1.54, 1.807) is 6.07 Å². The number of para-hydroxylation sites is 1. The second-order valence-electron chi connectivity index (χ2n) is 4.80. The summed E-state index contributed by atoms with van der Waals surface area (Å²) in [6, 6.07) is 11.4. The van der Waals surface area contributed by atoms with E-state index in [0.717, 1.165) is 28.3 Å². The lowest BCUT2D eigenvalue weighted by Crippen LogP contribution is -2.17. The van der Waals surface area contributed by atoms with Crippen molar-refractivity contribution in [3.63, 3.8) is 0 Å². The van der Waals surface area contributed by atoms with Gasteiger partial charge in [-0.2, -0.15) is 0 Å². The Morgan fingerprint density at radius 1 is 1.15 bits per heavy atom. The van der Waals surface area contributed by atoms with Crippen molar-refractivity contribution in [2.45, 2.75) is 13.5 Å². The molecule has 1 heterocycles. The first-order chi connectivity index (χ1) is 9.74. The lowest BCUT2D eigenvalue weighted by atomic mass is 10.1. The van der Waals surface area contributed by atoms with Gasteiger partial charge >= 0.3 is 0 Å². The molecule has 20 heavy (non-hydrogen) atoms. The summed E-state index contributed by atoms with van der Waals surface area (Å²) in [7, 11) is 0. The molecule has 4 nitrogen and oxygen atoms in total. The van der Waals surface area contributed by atoms with Gasteiger partial charge in [0.1, 0.15) is 19.0 Å². The molecular weight excluding hydrogens is 254 g/mol. The maximum Gasteiger partial charge on any atom is 0.166 e. The monoisotopic (exact) mass is 271 g/mol. The van der Waals surface area contributed by atoms with Crippen molar-refractivity contribution >= 4 is 5.69 Å². The molecule has 2 aromatic carbocycles. The Kier molecular flexibility index (Phi) is 3.37. The van der Waals surface area contributed by atoms with Crippen LogP contribution in [0, 0.1) is 6.92 Å². The summed E-state index contributed by atoms with van der Waals surface area (Å²) in [4.78, 5) is 0. The SMILES string of the molecule is Cc1cc(NCc2cccc3c2OCCO3)ccc1O. The molecule has 0 saturated heterocycles. The molecule has 0 fully saturated rings. The Hall–Kier alpha value is -2.36. The van der Waals surface area contributed by atoms with E-state index in [1.165, 1.54) is 0 Å². The van der Waals surface area contributed by atoms with Crippen LogP contribution in [0.3, 0.4) is 0 Å². The molecule has 0 aromatic heterocycles. The third-order valence-corrected chi connectivity index (χ3v) is 3.33. The topological polar surface area (TPSA) is 50.7 Å². The first-order valence-electron chi connectivity index (χ1n) is 6.65. The van der Waals surface area contributed by atoms with Crippen LogP contribution in [0.2, 0.25) is 0 Å². The highest BCUT2D eigenvalue weighted by atomic mass is 16.6. The van der Waals surface area contributed by atoms with Crippen LogP contribution in [0.1, 0.15) is 11.1 Å². The summed E-state index contributed by atoms with van der Waals surface area (Å²) in [5.74, 6) is 1.93. The molecule has 1 aliphatic rings. The molecule has 4 heteroatoms. The number of hydrogen-bond acceptors (Lipinski definition) is 4. The van der Waals surface area contributed by atoms with E-state index in [2.05, 4.69) is 5.32 Å². The van der Waals surface area contributed by atoms with E-state index in [-0.39, 0.29) is 0 Å². The molecule has 0 unspecified atom stereocenters. The number of nitrogens with one attached hydrogen (secondary N) is 1. The number of benzene rings is 2. The molecule has 0 spiro atoms.